The molecule has 1 aromatic heterocycles. The quantitative estimate of drug-likeness (QED) is 0.128. The predicted octanol–water partition coefficient (Wildman–Crippen LogP) is 6.01. The molecule has 4 rings (SSSR count). The van der Waals surface area contributed by atoms with Crippen molar-refractivity contribution in [3.05, 3.63) is 94.6 Å². The van der Waals surface area contributed by atoms with Crippen LogP contribution in [0.3, 0.4) is 0 Å². The van der Waals surface area contributed by atoms with E-state index in [-0.39, 0.29) is 16.9 Å². The Morgan fingerprint density at radius 3 is 2.16 bits per heavy atom. The Labute approximate surface area is 263 Å². The first-order chi connectivity index (χ1) is 21.2. The summed E-state index contributed by atoms with van der Waals surface area (Å²) < 4.78 is 16.3. The van der Waals surface area contributed by atoms with Gasteiger partial charge in [-0.1, -0.05) is 18.2 Å². The van der Waals surface area contributed by atoms with Crippen LogP contribution >= 0.6 is 23.1 Å². The van der Waals surface area contributed by atoms with E-state index < -0.39 is 11.8 Å². The third-order valence-electron chi connectivity index (χ3n) is 6.21. The molecule has 228 valence electrons. The Morgan fingerprint density at radius 2 is 1.55 bits per heavy atom. The van der Waals surface area contributed by atoms with Gasteiger partial charge in [0, 0.05) is 33.2 Å². The molecule has 3 N–H and O–H groups in total. The first-order valence-electron chi connectivity index (χ1n) is 13.4. The number of nitrogens with one attached hydrogen (secondary N) is 3. The highest BCUT2D eigenvalue weighted by Gasteiger charge is 2.19. The summed E-state index contributed by atoms with van der Waals surface area (Å²) in [5.41, 5.74) is 2.19. The Balaban J connectivity index is 1.53. The van der Waals surface area contributed by atoms with Crippen molar-refractivity contribution in [2.24, 2.45) is 0 Å². The van der Waals surface area contributed by atoms with Crippen molar-refractivity contribution >= 4 is 57.7 Å². The van der Waals surface area contributed by atoms with Gasteiger partial charge in [-0.15, -0.1) is 23.1 Å². The summed E-state index contributed by atoms with van der Waals surface area (Å²) in [6, 6.07) is 18.9. The second-order valence-corrected chi connectivity index (χ2v) is 11.6. The lowest BCUT2D eigenvalue weighted by atomic mass is 10.1. The van der Waals surface area contributed by atoms with Crippen LogP contribution in [0, 0.1) is 6.92 Å². The number of nitrogens with zero attached hydrogens (tertiary/aromatic N) is 1. The monoisotopic (exact) mass is 632 g/mol. The lowest BCUT2D eigenvalue weighted by Gasteiger charge is -2.15. The standard InChI is InChI=1S/C32H32N4O6S2/c1-19-18-43-32(33-19)36-29(37)20(2)44-24-13-11-23(12-14-24)34-31(39)25(35-30(38)21-9-7-6-8-10-21)15-22-16-27(41-4)28(42-5)17-26(22)40-3/h6-18,20H,1-5H3,(H,34,39)(H,35,38)(H,33,36,37)/b25-15-. The summed E-state index contributed by atoms with van der Waals surface area (Å²) in [4.78, 5) is 44.3. The Kier molecular flexibility index (Phi) is 11.0. The number of hydrogen-bond acceptors (Lipinski definition) is 9. The molecule has 0 aliphatic carbocycles. The fraction of sp³-hybridized carbons (Fsp3) is 0.188. The third kappa shape index (κ3) is 8.39. The van der Waals surface area contributed by atoms with Crippen LogP contribution in [0.25, 0.3) is 6.08 Å². The maximum absolute atomic E-state index is 13.5. The van der Waals surface area contributed by atoms with E-state index in [0.29, 0.717) is 39.2 Å². The first kappa shape index (κ1) is 32.1. The van der Waals surface area contributed by atoms with Crippen LogP contribution in [-0.2, 0) is 9.59 Å². The molecular formula is C32H32N4O6S2. The van der Waals surface area contributed by atoms with E-state index in [1.54, 1.807) is 66.7 Å². The molecule has 3 amide bonds. The maximum atomic E-state index is 13.5. The average molecular weight is 633 g/mol. The van der Waals surface area contributed by atoms with E-state index in [4.69, 9.17) is 14.2 Å². The van der Waals surface area contributed by atoms with Crippen molar-refractivity contribution in [3.8, 4) is 17.2 Å². The second kappa shape index (κ2) is 15.1. The van der Waals surface area contributed by atoms with Gasteiger partial charge in [0.15, 0.2) is 16.6 Å². The van der Waals surface area contributed by atoms with E-state index >= 15 is 0 Å². The third-order valence-corrected chi connectivity index (χ3v) is 8.20. The number of rotatable bonds is 12. The predicted molar refractivity (Wildman–Crippen MR) is 174 cm³/mol. The summed E-state index contributed by atoms with van der Waals surface area (Å²) in [5.74, 6) is 0.106. The fourth-order valence-electron chi connectivity index (χ4n) is 3.95. The SMILES string of the molecule is COc1cc(OC)c(OC)cc1/C=C(\NC(=O)c1ccccc1)C(=O)Nc1ccc(SC(C)C(=O)Nc2nc(C)cs2)cc1. The van der Waals surface area contributed by atoms with Crippen LogP contribution in [0.4, 0.5) is 10.8 Å². The van der Waals surface area contributed by atoms with E-state index in [2.05, 4.69) is 20.9 Å². The molecule has 3 aromatic carbocycles. The van der Waals surface area contributed by atoms with Gasteiger partial charge in [0.05, 0.1) is 32.3 Å². The molecule has 0 spiro atoms. The number of anilines is 2. The zero-order chi connectivity index (χ0) is 31.6. The van der Waals surface area contributed by atoms with Crippen molar-refractivity contribution < 1.29 is 28.6 Å². The number of thiazole rings is 1. The summed E-state index contributed by atoms with van der Waals surface area (Å²) in [7, 11) is 4.50. The van der Waals surface area contributed by atoms with Gasteiger partial charge in [-0.25, -0.2) is 4.98 Å². The molecular weight excluding hydrogens is 601 g/mol. The summed E-state index contributed by atoms with van der Waals surface area (Å²) in [6.07, 6.45) is 1.51. The van der Waals surface area contributed by atoms with Crippen LogP contribution in [0.1, 0.15) is 28.5 Å². The summed E-state index contributed by atoms with van der Waals surface area (Å²) >= 11 is 2.75. The average Bonchev–Trinajstić information content (AvgIpc) is 3.45. The number of hydrogen-bond donors (Lipinski definition) is 3. The van der Waals surface area contributed by atoms with Gasteiger partial charge < -0.3 is 30.2 Å². The van der Waals surface area contributed by atoms with Crippen LogP contribution in [0.2, 0.25) is 0 Å². The lowest BCUT2D eigenvalue weighted by Crippen LogP contribution is -2.30. The van der Waals surface area contributed by atoms with Crippen LogP contribution in [-0.4, -0.2) is 49.3 Å². The molecule has 12 heteroatoms. The molecule has 0 radical (unpaired) electrons. The smallest absolute Gasteiger partial charge is 0.272 e. The normalized spacial score (nSPS) is 11.7. The molecule has 1 heterocycles. The second-order valence-electron chi connectivity index (χ2n) is 9.35. The maximum Gasteiger partial charge on any atom is 0.272 e. The number of methoxy groups -OCH3 is 3. The Hall–Kier alpha value is -4.81. The molecule has 1 atom stereocenters. The van der Waals surface area contributed by atoms with Crippen LogP contribution in [0.5, 0.6) is 17.2 Å². The molecule has 0 saturated carbocycles. The van der Waals surface area contributed by atoms with Crippen molar-refractivity contribution in [3.63, 3.8) is 0 Å². The lowest BCUT2D eigenvalue weighted by molar-refractivity contribution is -0.115. The van der Waals surface area contributed by atoms with Crippen LogP contribution in [0.15, 0.2) is 82.7 Å². The molecule has 0 fully saturated rings. The highest BCUT2D eigenvalue weighted by molar-refractivity contribution is 8.00. The Bertz CT molecular complexity index is 1660. The molecule has 10 nitrogen and oxygen atoms in total. The largest absolute Gasteiger partial charge is 0.496 e. The van der Waals surface area contributed by atoms with Gasteiger partial charge in [-0.2, -0.15) is 0 Å². The van der Waals surface area contributed by atoms with Crippen molar-refractivity contribution in [1.82, 2.24) is 10.3 Å². The van der Waals surface area contributed by atoms with Gasteiger partial charge in [0.25, 0.3) is 11.8 Å². The van der Waals surface area contributed by atoms with Crippen LogP contribution < -0.4 is 30.2 Å². The number of benzene rings is 3. The molecule has 0 saturated heterocycles. The zero-order valence-corrected chi connectivity index (χ0v) is 26.4. The minimum Gasteiger partial charge on any atom is -0.496 e. The molecule has 4 aromatic rings. The Morgan fingerprint density at radius 1 is 0.886 bits per heavy atom. The minimum atomic E-state index is -0.557. The number of aryl methyl sites for hydroxylation is 1. The number of aromatic nitrogens is 1. The van der Waals surface area contributed by atoms with Gasteiger partial charge in [-0.3, -0.25) is 14.4 Å². The number of carbonyl (C=O) groups is 3. The first-order valence-corrected chi connectivity index (χ1v) is 15.2. The summed E-state index contributed by atoms with van der Waals surface area (Å²) in [6.45, 7) is 3.68. The van der Waals surface area contributed by atoms with Gasteiger partial charge in [0.2, 0.25) is 5.91 Å². The fourth-order valence-corrected chi connectivity index (χ4v) is 5.51. The number of ether oxygens (including phenoxy) is 3. The minimum absolute atomic E-state index is 0.0226. The summed E-state index contributed by atoms with van der Waals surface area (Å²) in [5, 5.41) is 10.4. The topological polar surface area (TPSA) is 128 Å². The van der Waals surface area contributed by atoms with E-state index in [1.165, 1.54) is 50.5 Å². The van der Waals surface area contributed by atoms with Crippen molar-refractivity contribution in [1.29, 1.82) is 0 Å². The molecule has 1 unspecified atom stereocenters. The van der Waals surface area contributed by atoms with Gasteiger partial charge in [0.1, 0.15) is 11.4 Å². The van der Waals surface area contributed by atoms with Gasteiger partial charge >= 0.3 is 0 Å². The van der Waals surface area contributed by atoms with Gasteiger partial charge in [-0.05, 0) is 62.4 Å². The molecule has 0 aliphatic rings. The van der Waals surface area contributed by atoms with E-state index in [9.17, 15) is 14.4 Å². The number of thioether (sulfide) groups is 1. The highest BCUT2D eigenvalue weighted by atomic mass is 32.2. The highest BCUT2D eigenvalue weighted by Crippen LogP contribution is 2.35. The number of amides is 3. The number of carbonyl (C=O) groups excluding carboxylic acids is 3. The van der Waals surface area contributed by atoms with Crippen molar-refractivity contribution in [2.45, 2.75) is 24.0 Å². The van der Waals surface area contributed by atoms with E-state index in [1.807, 2.05) is 19.2 Å². The van der Waals surface area contributed by atoms with Crippen molar-refractivity contribution in [2.75, 3.05) is 32.0 Å². The molecule has 44 heavy (non-hydrogen) atoms. The molecule has 0 aliphatic heterocycles. The molecule has 0 bridgehead atoms. The zero-order valence-electron chi connectivity index (χ0n) is 24.8. The van der Waals surface area contributed by atoms with E-state index in [0.717, 1.165) is 10.6 Å².